The highest BCUT2D eigenvalue weighted by Gasteiger charge is 2.41. The third-order valence-corrected chi connectivity index (χ3v) is 4.08. The number of fused-ring (bicyclic) bond motifs is 1. The van der Waals surface area contributed by atoms with E-state index in [-0.39, 0.29) is 12.1 Å². The van der Waals surface area contributed by atoms with Crippen LogP contribution in [0.5, 0.6) is 0 Å². The van der Waals surface area contributed by atoms with Crippen LogP contribution in [-0.4, -0.2) is 27.2 Å². The van der Waals surface area contributed by atoms with E-state index in [1.165, 1.54) is 12.8 Å². The van der Waals surface area contributed by atoms with Crippen LogP contribution in [0, 0.1) is 12.8 Å². The predicted molar refractivity (Wildman–Crippen MR) is 76.1 cm³/mol. The lowest BCUT2D eigenvalue weighted by Gasteiger charge is -2.30. The molecule has 1 aromatic heterocycles. The van der Waals surface area contributed by atoms with Gasteiger partial charge in [-0.05, 0) is 44.2 Å². The highest BCUT2D eigenvalue weighted by atomic mass is 16.3. The molecule has 100 valence electrons. The molecule has 4 nitrogen and oxygen atoms in total. The minimum Gasteiger partial charge on any atom is -0.394 e. The Balaban J connectivity index is 2.05. The number of aliphatic hydroxyl groups excluding tert-OH is 1. The third-order valence-electron chi connectivity index (χ3n) is 4.08. The summed E-state index contributed by atoms with van der Waals surface area (Å²) in [5, 5.41) is 14.2. The highest BCUT2D eigenvalue weighted by Crippen LogP contribution is 2.41. The Morgan fingerprint density at radius 3 is 2.84 bits per heavy atom. The fraction of sp³-hybridized carbons (Fsp3) is 0.467. The molecule has 19 heavy (non-hydrogen) atoms. The molecule has 1 saturated carbocycles. The zero-order valence-electron chi connectivity index (χ0n) is 11.3. The summed E-state index contributed by atoms with van der Waals surface area (Å²) in [6, 6.07) is 6.05. The summed E-state index contributed by atoms with van der Waals surface area (Å²) in [4.78, 5) is 8.68. The standard InChI is InChI=1S/C15H19N3O/c1-10-4-3-5-12-13(10)14(17-9-16-12)18-15(2,8-19)11-6-7-11/h3-5,9,11,19H,6-8H2,1-2H3,(H,16,17,18). The maximum atomic E-state index is 9.69. The molecule has 0 spiro atoms. The van der Waals surface area contributed by atoms with E-state index >= 15 is 0 Å². The Kier molecular flexibility index (Phi) is 2.90. The van der Waals surface area contributed by atoms with Crippen molar-refractivity contribution in [1.29, 1.82) is 0 Å². The maximum Gasteiger partial charge on any atom is 0.138 e. The lowest BCUT2D eigenvalue weighted by Crippen LogP contribution is -2.41. The molecular formula is C15H19N3O. The predicted octanol–water partition coefficient (Wildman–Crippen LogP) is 2.51. The molecule has 2 N–H and O–H groups in total. The van der Waals surface area contributed by atoms with Crippen molar-refractivity contribution in [3.63, 3.8) is 0 Å². The second kappa shape index (κ2) is 4.46. The van der Waals surface area contributed by atoms with Crippen LogP contribution >= 0.6 is 0 Å². The van der Waals surface area contributed by atoms with Crippen molar-refractivity contribution in [3.05, 3.63) is 30.1 Å². The molecule has 0 radical (unpaired) electrons. The molecule has 4 heteroatoms. The van der Waals surface area contributed by atoms with Gasteiger partial charge in [-0.1, -0.05) is 12.1 Å². The van der Waals surface area contributed by atoms with Crippen molar-refractivity contribution in [2.45, 2.75) is 32.2 Å². The average Bonchev–Trinajstić information content (AvgIpc) is 3.23. The average molecular weight is 257 g/mol. The van der Waals surface area contributed by atoms with Gasteiger partial charge in [0.05, 0.1) is 17.7 Å². The normalized spacial score (nSPS) is 18.3. The molecule has 0 amide bonds. The van der Waals surface area contributed by atoms with Gasteiger partial charge in [-0.3, -0.25) is 0 Å². The number of nitrogens with zero attached hydrogens (tertiary/aromatic N) is 2. The first-order chi connectivity index (χ1) is 9.14. The van der Waals surface area contributed by atoms with E-state index in [4.69, 9.17) is 0 Å². The summed E-state index contributed by atoms with van der Waals surface area (Å²) in [6.45, 7) is 4.25. The quantitative estimate of drug-likeness (QED) is 0.883. The van der Waals surface area contributed by atoms with Gasteiger partial charge in [0.15, 0.2) is 0 Å². The van der Waals surface area contributed by atoms with E-state index in [0.717, 1.165) is 22.3 Å². The molecule has 3 rings (SSSR count). The van der Waals surface area contributed by atoms with Crippen LogP contribution in [0.15, 0.2) is 24.5 Å². The van der Waals surface area contributed by atoms with Gasteiger partial charge in [-0.15, -0.1) is 0 Å². The Bertz CT molecular complexity index is 604. The molecule has 2 aromatic rings. The Hall–Kier alpha value is -1.68. The first kappa shape index (κ1) is 12.4. The van der Waals surface area contributed by atoms with E-state index in [1.54, 1.807) is 6.33 Å². The number of benzene rings is 1. The molecule has 1 fully saturated rings. The second-order valence-corrected chi connectivity index (χ2v) is 5.67. The number of anilines is 1. The third kappa shape index (κ3) is 2.16. The number of aromatic nitrogens is 2. The van der Waals surface area contributed by atoms with Crippen molar-refractivity contribution < 1.29 is 5.11 Å². The van der Waals surface area contributed by atoms with E-state index in [1.807, 2.05) is 12.1 Å². The minimum atomic E-state index is -0.288. The Labute approximate surface area is 112 Å². The molecular weight excluding hydrogens is 238 g/mol. The second-order valence-electron chi connectivity index (χ2n) is 5.67. The van der Waals surface area contributed by atoms with Crippen LogP contribution in [0.25, 0.3) is 10.9 Å². The lowest BCUT2D eigenvalue weighted by molar-refractivity contribution is 0.206. The summed E-state index contributed by atoms with van der Waals surface area (Å²) >= 11 is 0. The summed E-state index contributed by atoms with van der Waals surface area (Å²) in [5.41, 5.74) is 1.80. The number of hydrogen-bond acceptors (Lipinski definition) is 4. The fourth-order valence-corrected chi connectivity index (χ4v) is 2.64. The monoisotopic (exact) mass is 257 g/mol. The van der Waals surface area contributed by atoms with Crippen LogP contribution in [0.2, 0.25) is 0 Å². The van der Waals surface area contributed by atoms with Crippen molar-refractivity contribution >= 4 is 16.7 Å². The van der Waals surface area contributed by atoms with Gasteiger partial charge in [0.1, 0.15) is 12.1 Å². The first-order valence-corrected chi connectivity index (χ1v) is 6.73. The molecule has 1 unspecified atom stereocenters. The van der Waals surface area contributed by atoms with E-state index in [2.05, 4.69) is 35.2 Å². The fourth-order valence-electron chi connectivity index (χ4n) is 2.64. The molecule has 0 saturated heterocycles. The van der Waals surface area contributed by atoms with E-state index in [9.17, 15) is 5.11 Å². The highest BCUT2D eigenvalue weighted by molar-refractivity contribution is 5.91. The summed E-state index contributed by atoms with van der Waals surface area (Å²) in [5.74, 6) is 1.36. The Morgan fingerprint density at radius 2 is 2.16 bits per heavy atom. The smallest absolute Gasteiger partial charge is 0.138 e. The Morgan fingerprint density at radius 1 is 1.37 bits per heavy atom. The van der Waals surface area contributed by atoms with Gasteiger partial charge < -0.3 is 10.4 Å². The summed E-state index contributed by atoms with van der Waals surface area (Å²) in [7, 11) is 0. The van der Waals surface area contributed by atoms with Crippen LogP contribution in [0.3, 0.4) is 0 Å². The summed E-state index contributed by atoms with van der Waals surface area (Å²) in [6.07, 6.45) is 3.92. The largest absolute Gasteiger partial charge is 0.394 e. The molecule has 1 aliphatic carbocycles. The van der Waals surface area contributed by atoms with Gasteiger partial charge in [-0.25, -0.2) is 9.97 Å². The molecule has 0 aliphatic heterocycles. The van der Waals surface area contributed by atoms with E-state index < -0.39 is 0 Å². The molecule has 0 bridgehead atoms. The van der Waals surface area contributed by atoms with Crippen LogP contribution in [-0.2, 0) is 0 Å². The number of hydrogen-bond donors (Lipinski definition) is 2. The molecule has 1 heterocycles. The van der Waals surface area contributed by atoms with Crippen molar-refractivity contribution in [2.24, 2.45) is 5.92 Å². The van der Waals surface area contributed by atoms with Gasteiger partial charge >= 0.3 is 0 Å². The summed E-state index contributed by atoms with van der Waals surface area (Å²) < 4.78 is 0. The molecule has 1 atom stereocenters. The van der Waals surface area contributed by atoms with Crippen LogP contribution in [0.4, 0.5) is 5.82 Å². The number of aliphatic hydroxyl groups is 1. The minimum absolute atomic E-state index is 0.120. The van der Waals surface area contributed by atoms with Crippen molar-refractivity contribution in [3.8, 4) is 0 Å². The zero-order valence-corrected chi connectivity index (χ0v) is 11.3. The SMILES string of the molecule is Cc1cccc2ncnc(NC(C)(CO)C3CC3)c12. The zero-order chi connectivity index (χ0) is 13.5. The number of rotatable bonds is 4. The number of aryl methyl sites for hydroxylation is 1. The molecule has 1 aliphatic rings. The van der Waals surface area contributed by atoms with Gasteiger partial charge in [-0.2, -0.15) is 0 Å². The molecule has 1 aromatic carbocycles. The van der Waals surface area contributed by atoms with Crippen molar-refractivity contribution in [1.82, 2.24) is 9.97 Å². The van der Waals surface area contributed by atoms with Gasteiger partial charge in [0.2, 0.25) is 0 Å². The maximum absolute atomic E-state index is 9.69. The topological polar surface area (TPSA) is 58.0 Å². The lowest BCUT2D eigenvalue weighted by atomic mass is 9.96. The van der Waals surface area contributed by atoms with Crippen LogP contribution < -0.4 is 5.32 Å². The van der Waals surface area contributed by atoms with Gasteiger partial charge in [0, 0.05) is 5.39 Å². The van der Waals surface area contributed by atoms with Crippen molar-refractivity contribution in [2.75, 3.05) is 11.9 Å². The first-order valence-electron chi connectivity index (χ1n) is 6.73. The van der Waals surface area contributed by atoms with Crippen LogP contribution in [0.1, 0.15) is 25.3 Å². The number of nitrogens with one attached hydrogen (secondary N) is 1. The van der Waals surface area contributed by atoms with Gasteiger partial charge in [0.25, 0.3) is 0 Å². The van der Waals surface area contributed by atoms with E-state index in [0.29, 0.717) is 5.92 Å².